The molecule has 0 aliphatic carbocycles. The molecule has 1 aliphatic rings. The lowest BCUT2D eigenvalue weighted by atomic mass is 10.0. The summed E-state index contributed by atoms with van der Waals surface area (Å²) >= 11 is 0. The second kappa shape index (κ2) is 12.5. The number of rotatable bonds is 10. The minimum atomic E-state index is -4.04. The fourth-order valence-electron chi connectivity index (χ4n) is 4.19. The third-order valence-electron chi connectivity index (χ3n) is 6.28. The summed E-state index contributed by atoms with van der Waals surface area (Å²) in [4.78, 5) is 26.3. The van der Waals surface area contributed by atoms with Gasteiger partial charge in [-0.1, -0.05) is 24.3 Å². The summed E-state index contributed by atoms with van der Waals surface area (Å²) in [5.74, 6) is 0.159. The van der Waals surface area contributed by atoms with Crippen LogP contribution in [-0.2, 0) is 14.8 Å². The van der Waals surface area contributed by atoms with Crippen molar-refractivity contribution in [1.29, 1.82) is 0 Å². The average molecular weight is 581 g/mol. The first-order valence-electron chi connectivity index (χ1n) is 13.4. The Morgan fingerprint density at radius 1 is 0.902 bits per heavy atom. The van der Waals surface area contributed by atoms with E-state index >= 15 is 0 Å². The molecule has 3 aromatic rings. The second-order valence-electron chi connectivity index (χ2n) is 10.6. The molecule has 0 spiro atoms. The fraction of sp³-hybridized carbons (Fsp3) is 0.333. The second-order valence-corrected chi connectivity index (χ2v) is 12.3. The number of ether oxygens (including phenoxy) is 2. The Hall–Kier alpha value is -4.25. The van der Waals surface area contributed by atoms with Crippen molar-refractivity contribution in [1.82, 2.24) is 10.2 Å². The van der Waals surface area contributed by atoms with Gasteiger partial charge in [0.25, 0.3) is 15.9 Å². The highest BCUT2D eigenvalue weighted by Crippen LogP contribution is 2.32. The molecular weight excluding hydrogens is 544 g/mol. The van der Waals surface area contributed by atoms with Crippen LogP contribution in [-0.4, -0.2) is 64.2 Å². The minimum absolute atomic E-state index is 0.0307. The molecule has 0 saturated carbocycles. The summed E-state index contributed by atoms with van der Waals surface area (Å²) in [6.45, 7) is 7.60. The Morgan fingerprint density at radius 2 is 1.61 bits per heavy atom. The van der Waals surface area contributed by atoms with E-state index in [1.807, 2.05) is 6.07 Å². The van der Waals surface area contributed by atoms with Crippen LogP contribution in [0.2, 0.25) is 0 Å². The van der Waals surface area contributed by atoms with Crippen LogP contribution in [0.3, 0.4) is 0 Å². The van der Waals surface area contributed by atoms with E-state index in [1.165, 1.54) is 7.11 Å². The van der Waals surface area contributed by atoms with Crippen LogP contribution in [0.1, 0.15) is 37.6 Å². The van der Waals surface area contributed by atoms with Crippen molar-refractivity contribution < 1.29 is 27.5 Å². The molecule has 0 radical (unpaired) electrons. The van der Waals surface area contributed by atoms with Crippen LogP contribution in [0.25, 0.3) is 11.1 Å². The molecule has 0 unspecified atom stereocenters. The maximum atomic E-state index is 13.5. The van der Waals surface area contributed by atoms with E-state index < -0.39 is 21.7 Å². The topological polar surface area (TPSA) is 126 Å². The molecule has 3 aromatic carbocycles. The van der Waals surface area contributed by atoms with Crippen molar-refractivity contribution in [2.75, 3.05) is 43.3 Å². The highest BCUT2D eigenvalue weighted by atomic mass is 32.2. The number of benzene rings is 3. The lowest BCUT2D eigenvalue weighted by Gasteiger charge is -2.31. The van der Waals surface area contributed by atoms with Gasteiger partial charge >= 0.3 is 6.09 Å². The third-order valence-corrected chi connectivity index (χ3v) is 7.68. The number of nitrogens with zero attached hydrogens (tertiary/aromatic N) is 1. The molecule has 3 N–H and O–H groups in total. The summed E-state index contributed by atoms with van der Waals surface area (Å²) in [5, 5.41) is 5.82. The van der Waals surface area contributed by atoms with Gasteiger partial charge in [-0.05, 0) is 80.8 Å². The molecule has 4 rings (SSSR count). The predicted molar refractivity (Wildman–Crippen MR) is 159 cm³/mol. The lowest BCUT2D eigenvalue weighted by Crippen LogP contribution is -2.41. The molecule has 218 valence electrons. The maximum Gasteiger partial charge on any atom is 0.407 e. The third kappa shape index (κ3) is 7.91. The van der Waals surface area contributed by atoms with E-state index in [2.05, 4.69) is 15.4 Å². The van der Waals surface area contributed by atoms with Crippen molar-refractivity contribution in [2.24, 2.45) is 0 Å². The fourth-order valence-corrected chi connectivity index (χ4v) is 5.43. The molecule has 2 amide bonds. The summed E-state index contributed by atoms with van der Waals surface area (Å²) in [6.07, 6.45) is 0.494. The Bertz CT molecular complexity index is 1510. The molecule has 11 heteroatoms. The van der Waals surface area contributed by atoms with Crippen molar-refractivity contribution in [3.8, 4) is 16.9 Å². The monoisotopic (exact) mass is 580 g/mol. The summed E-state index contributed by atoms with van der Waals surface area (Å²) in [6, 6.07) is 18.9. The van der Waals surface area contributed by atoms with Crippen molar-refractivity contribution in [3.63, 3.8) is 0 Å². The highest BCUT2D eigenvalue weighted by molar-refractivity contribution is 7.92. The van der Waals surface area contributed by atoms with Gasteiger partial charge in [0, 0.05) is 37.4 Å². The zero-order chi connectivity index (χ0) is 29.6. The number of hydrogen-bond acceptors (Lipinski definition) is 7. The number of amides is 2. The Morgan fingerprint density at radius 3 is 2.29 bits per heavy atom. The first-order valence-corrected chi connectivity index (χ1v) is 14.8. The van der Waals surface area contributed by atoms with Gasteiger partial charge in [0.1, 0.15) is 16.2 Å². The van der Waals surface area contributed by atoms with E-state index in [4.69, 9.17) is 9.47 Å². The zero-order valence-corrected chi connectivity index (χ0v) is 24.5. The SMILES string of the molecule is COc1ccc(-c2cccc(C(=O)N3CCC3)c2)cc1S(=O)(=O)Nc1cccc(NCCNC(=O)OC(C)(C)C)c1. The van der Waals surface area contributed by atoms with Crippen LogP contribution in [0, 0.1) is 0 Å². The molecule has 41 heavy (non-hydrogen) atoms. The average Bonchev–Trinajstić information content (AvgIpc) is 2.89. The minimum Gasteiger partial charge on any atom is -0.495 e. The summed E-state index contributed by atoms with van der Waals surface area (Å²) in [5.41, 5.74) is 2.36. The standard InChI is InChI=1S/C30H36N4O6S/c1-30(2,3)40-29(36)32-15-14-31-24-10-6-11-25(20-24)33-41(37,38)27-19-22(12-13-26(27)39-4)21-8-5-9-23(18-21)28(35)34-16-7-17-34/h5-6,8-13,18-20,31,33H,7,14-17H2,1-4H3,(H,32,36). The van der Waals surface area contributed by atoms with Crippen LogP contribution in [0.15, 0.2) is 71.6 Å². The normalized spacial score (nSPS) is 13.1. The first-order chi connectivity index (χ1) is 19.4. The largest absolute Gasteiger partial charge is 0.495 e. The molecule has 1 fully saturated rings. The van der Waals surface area contributed by atoms with E-state index in [-0.39, 0.29) is 16.6 Å². The van der Waals surface area contributed by atoms with Crippen LogP contribution in [0.4, 0.5) is 16.2 Å². The summed E-state index contributed by atoms with van der Waals surface area (Å²) < 4.78 is 40.2. The van der Waals surface area contributed by atoms with Crippen LogP contribution in [0.5, 0.6) is 5.75 Å². The zero-order valence-electron chi connectivity index (χ0n) is 23.7. The quantitative estimate of drug-likeness (QED) is 0.290. The van der Waals surface area contributed by atoms with Gasteiger partial charge in [0.05, 0.1) is 12.8 Å². The lowest BCUT2D eigenvalue weighted by molar-refractivity contribution is 0.0529. The van der Waals surface area contributed by atoms with Crippen molar-refractivity contribution >= 4 is 33.4 Å². The molecule has 0 atom stereocenters. The Kier molecular flexibility index (Phi) is 9.07. The van der Waals surface area contributed by atoms with E-state index in [1.54, 1.807) is 86.3 Å². The van der Waals surface area contributed by atoms with E-state index in [9.17, 15) is 18.0 Å². The Balaban J connectivity index is 1.47. The number of likely N-dealkylation sites (tertiary alicyclic amines) is 1. The van der Waals surface area contributed by atoms with Crippen molar-refractivity contribution in [3.05, 3.63) is 72.3 Å². The molecule has 1 heterocycles. The Labute approximate surface area is 241 Å². The smallest absolute Gasteiger partial charge is 0.407 e. The number of hydrogen-bond donors (Lipinski definition) is 3. The molecule has 0 bridgehead atoms. The number of nitrogens with one attached hydrogen (secondary N) is 3. The van der Waals surface area contributed by atoms with Gasteiger partial charge in [-0.2, -0.15) is 0 Å². The predicted octanol–water partition coefficient (Wildman–Crippen LogP) is 4.95. The summed E-state index contributed by atoms with van der Waals surface area (Å²) in [7, 11) is -2.63. The van der Waals surface area contributed by atoms with Crippen LogP contribution < -0.4 is 20.1 Å². The molecule has 1 aliphatic heterocycles. The molecule has 0 aromatic heterocycles. The number of carbonyl (C=O) groups excluding carboxylic acids is 2. The highest BCUT2D eigenvalue weighted by Gasteiger charge is 2.23. The molecule has 1 saturated heterocycles. The van der Waals surface area contributed by atoms with Gasteiger partial charge in [-0.15, -0.1) is 0 Å². The number of alkyl carbamates (subject to hydrolysis) is 1. The van der Waals surface area contributed by atoms with Gasteiger partial charge in [0.2, 0.25) is 0 Å². The van der Waals surface area contributed by atoms with E-state index in [0.29, 0.717) is 35.6 Å². The van der Waals surface area contributed by atoms with Crippen molar-refractivity contribution in [2.45, 2.75) is 37.7 Å². The number of carbonyl (C=O) groups is 2. The van der Waals surface area contributed by atoms with Gasteiger partial charge in [0.15, 0.2) is 0 Å². The number of anilines is 2. The van der Waals surface area contributed by atoms with Crippen LogP contribution >= 0.6 is 0 Å². The van der Waals surface area contributed by atoms with Gasteiger partial charge in [-0.25, -0.2) is 13.2 Å². The van der Waals surface area contributed by atoms with Gasteiger partial charge < -0.3 is 25.0 Å². The van der Waals surface area contributed by atoms with Gasteiger partial charge in [-0.3, -0.25) is 9.52 Å². The number of methoxy groups -OCH3 is 1. The van der Waals surface area contributed by atoms with E-state index in [0.717, 1.165) is 25.1 Å². The molecular formula is C30H36N4O6S. The molecule has 10 nitrogen and oxygen atoms in total. The maximum absolute atomic E-state index is 13.5. The first kappa shape index (κ1) is 29.7. The number of sulfonamides is 1.